The highest BCUT2D eigenvalue weighted by Crippen LogP contribution is 2.26. The maximum atomic E-state index is 5.74. The minimum absolute atomic E-state index is 0.554. The molecule has 0 saturated carbocycles. The standard InChI is InChI=1S/C18H24N2O/c1-4-5-10-21-18-17-9-7-6-8-16(17)15(13-20-18)12-19-11-14(2)3/h4-9,13-14,19H,10-12H2,1-3H3/b5-4+. The van der Waals surface area contributed by atoms with Gasteiger partial charge in [0.2, 0.25) is 5.88 Å². The second kappa shape index (κ2) is 7.79. The number of nitrogens with zero attached hydrogens (tertiary/aromatic N) is 1. The Morgan fingerprint density at radius 3 is 2.71 bits per heavy atom. The minimum atomic E-state index is 0.554. The molecule has 0 aliphatic heterocycles. The van der Waals surface area contributed by atoms with Crippen molar-refractivity contribution in [1.82, 2.24) is 10.3 Å². The molecule has 0 saturated heterocycles. The van der Waals surface area contributed by atoms with Gasteiger partial charge in [0.15, 0.2) is 0 Å². The van der Waals surface area contributed by atoms with Crippen molar-refractivity contribution in [2.45, 2.75) is 27.3 Å². The summed E-state index contributed by atoms with van der Waals surface area (Å²) >= 11 is 0. The highest BCUT2D eigenvalue weighted by Gasteiger charge is 2.07. The number of nitrogens with one attached hydrogen (secondary N) is 1. The van der Waals surface area contributed by atoms with Crippen molar-refractivity contribution >= 4 is 10.8 Å². The first-order chi connectivity index (χ1) is 10.2. The molecule has 0 aliphatic rings. The average molecular weight is 284 g/mol. The zero-order valence-corrected chi connectivity index (χ0v) is 13.1. The van der Waals surface area contributed by atoms with Crippen molar-refractivity contribution in [1.29, 1.82) is 0 Å². The molecule has 1 N–H and O–H groups in total. The van der Waals surface area contributed by atoms with E-state index in [0.29, 0.717) is 18.4 Å². The van der Waals surface area contributed by atoms with E-state index < -0.39 is 0 Å². The van der Waals surface area contributed by atoms with E-state index in [9.17, 15) is 0 Å². The normalized spacial score (nSPS) is 11.6. The Labute approximate surface area is 127 Å². The lowest BCUT2D eigenvalue weighted by molar-refractivity contribution is 0.353. The molecule has 0 radical (unpaired) electrons. The lowest BCUT2D eigenvalue weighted by atomic mass is 10.1. The van der Waals surface area contributed by atoms with Gasteiger partial charge in [0, 0.05) is 18.1 Å². The van der Waals surface area contributed by atoms with Gasteiger partial charge in [-0.05, 0) is 36.4 Å². The molecule has 3 nitrogen and oxygen atoms in total. The van der Waals surface area contributed by atoms with E-state index >= 15 is 0 Å². The number of hydrogen-bond acceptors (Lipinski definition) is 3. The molecular weight excluding hydrogens is 260 g/mol. The number of ether oxygens (including phenoxy) is 1. The van der Waals surface area contributed by atoms with Crippen LogP contribution in [0.4, 0.5) is 0 Å². The van der Waals surface area contributed by atoms with E-state index in [1.807, 2.05) is 31.3 Å². The van der Waals surface area contributed by atoms with Crippen LogP contribution in [0.1, 0.15) is 26.3 Å². The fourth-order valence-corrected chi connectivity index (χ4v) is 2.20. The van der Waals surface area contributed by atoms with Crippen LogP contribution in [0.2, 0.25) is 0 Å². The third-order valence-corrected chi connectivity index (χ3v) is 3.26. The van der Waals surface area contributed by atoms with E-state index in [1.165, 1.54) is 10.9 Å². The monoisotopic (exact) mass is 284 g/mol. The predicted octanol–water partition coefficient (Wildman–Crippen LogP) is 3.94. The largest absolute Gasteiger partial charge is 0.473 e. The third kappa shape index (κ3) is 4.30. The summed E-state index contributed by atoms with van der Waals surface area (Å²) in [5.41, 5.74) is 1.21. The average Bonchev–Trinajstić information content (AvgIpc) is 2.49. The Morgan fingerprint density at radius 2 is 2.00 bits per heavy atom. The maximum absolute atomic E-state index is 5.74. The molecule has 3 heteroatoms. The summed E-state index contributed by atoms with van der Waals surface area (Å²) in [6, 6.07) is 8.28. The van der Waals surface area contributed by atoms with Crippen LogP contribution >= 0.6 is 0 Å². The lowest BCUT2D eigenvalue weighted by Gasteiger charge is -2.12. The van der Waals surface area contributed by atoms with Crippen molar-refractivity contribution in [2.75, 3.05) is 13.2 Å². The summed E-state index contributed by atoms with van der Waals surface area (Å²) in [6.45, 7) is 8.80. The molecular formula is C18H24N2O. The molecule has 0 atom stereocenters. The molecule has 21 heavy (non-hydrogen) atoms. The molecule has 0 amide bonds. The second-order valence-electron chi connectivity index (χ2n) is 5.54. The van der Waals surface area contributed by atoms with Gasteiger partial charge in [0.1, 0.15) is 6.61 Å². The Bertz CT molecular complexity index is 605. The number of pyridine rings is 1. The van der Waals surface area contributed by atoms with Crippen LogP contribution in [0.25, 0.3) is 10.8 Å². The van der Waals surface area contributed by atoms with E-state index in [1.54, 1.807) is 0 Å². The molecule has 2 rings (SSSR count). The molecule has 0 aliphatic carbocycles. The molecule has 0 unspecified atom stereocenters. The number of fused-ring (bicyclic) bond motifs is 1. The SMILES string of the molecule is C/C=C/COc1ncc(CNCC(C)C)c2ccccc12. The van der Waals surface area contributed by atoms with Crippen LogP contribution < -0.4 is 10.1 Å². The van der Waals surface area contributed by atoms with Crippen molar-refractivity contribution in [3.8, 4) is 5.88 Å². The van der Waals surface area contributed by atoms with Gasteiger partial charge in [-0.3, -0.25) is 0 Å². The number of allylic oxidation sites excluding steroid dienone is 1. The van der Waals surface area contributed by atoms with Crippen LogP contribution in [0.15, 0.2) is 42.6 Å². The number of rotatable bonds is 7. The van der Waals surface area contributed by atoms with Gasteiger partial charge < -0.3 is 10.1 Å². The van der Waals surface area contributed by atoms with E-state index in [0.717, 1.165) is 18.5 Å². The molecule has 0 spiro atoms. The van der Waals surface area contributed by atoms with Gasteiger partial charge in [-0.1, -0.05) is 44.2 Å². The number of aromatic nitrogens is 1. The minimum Gasteiger partial charge on any atom is -0.473 e. The topological polar surface area (TPSA) is 34.1 Å². The van der Waals surface area contributed by atoms with E-state index in [-0.39, 0.29) is 0 Å². The zero-order chi connectivity index (χ0) is 15.1. The third-order valence-electron chi connectivity index (χ3n) is 3.26. The van der Waals surface area contributed by atoms with Gasteiger partial charge >= 0.3 is 0 Å². The Hall–Kier alpha value is -1.87. The van der Waals surface area contributed by atoms with Crippen molar-refractivity contribution in [3.05, 3.63) is 48.2 Å². The van der Waals surface area contributed by atoms with Gasteiger partial charge in [-0.15, -0.1) is 0 Å². The van der Waals surface area contributed by atoms with Gasteiger partial charge in [0.05, 0.1) is 0 Å². The van der Waals surface area contributed by atoms with Gasteiger partial charge in [0.25, 0.3) is 0 Å². The molecule has 1 aromatic heterocycles. The lowest BCUT2D eigenvalue weighted by Crippen LogP contribution is -2.19. The molecule has 0 bridgehead atoms. The first kappa shape index (κ1) is 15.5. The molecule has 112 valence electrons. The highest BCUT2D eigenvalue weighted by molar-refractivity contribution is 5.89. The summed E-state index contributed by atoms with van der Waals surface area (Å²) < 4.78 is 5.74. The molecule has 1 heterocycles. The van der Waals surface area contributed by atoms with Crippen LogP contribution in [0, 0.1) is 5.92 Å². The fourth-order valence-electron chi connectivity index (χ4n) is 2.20. The quantitative estimate of drug-likeness (QED) is 0.782. The fraction of sp³-hybridized carbons (Fsp3) is 0.389. The number of benzene rings is 1. The Morgan fingerprint density at radius 1 is 1.24 bits per heavy atom. The highest BCUT2D eigenvalue weighted by atomic mass is 16.5. The smallest absolute Gasteiger partial charge is 0.221 e. The van der Waals surface area contributed by atoms with E-state index in [2.05, 4.69) is 42.3 Å². The van der Waals surface area contributed by atoms with Crippen LogP contribution in [-0.2, 0) is 6.54 Å². The summed E-state index contributed by atoms with van der Waals surface area (Å²) in [5, 5.41) is 5.76. The van der Waals surface area contributed by atoms with Gasteiger partial charge in [-0.25, -0.2) is 4.98 Å². The molecule has 0 fully saturated rings. The van der Waals surface area contributed by atoms with Crippen LogP contribution in [0.3, 0.4) is 0 Å². The Balaban J connectivity index is 2.22. The van der Waals surface area contributed by atoms with E-state index in [4.69, 9.17) is 4.74 Å². The zero-order valence-electron chi connectivity index (χ0n) is 13.1. The summed E-state index contributed by atoms with van der Waals surface area (Å²) in [6.07, 6.45) is 5.88. The van der Waals surface area contributed by atoms with Crippen LogP contribution in [0.5, 0.6) is 5.88 Å². The summed E-state index contributed by atoms with van der Waals surface area (Å²) in [5.74, 6) is 1.35. The van der Waals surface area contributed by atoms with Gasteiger partial charge in [-0.2, -0.15) is 0 Å². The Kier molecular flexibility index (Phi) is 5.76. The van der Waals surface area contributed by atoms with Crippen molar-refractivity contribution in [3.63, 3.8) is 0 Å². The predicted molar refractivity (Wildman–Crippen MR) is 88.6 cm³/mol. The maximum Gasteiger partial charge on any atom is 0.221 e. The first-order valence-corrected chi connectivity index (χ1v) is 7.53. The first-order valence-electron chi connectivity index (χ1n) is 7.53. The summed E-state index contributed by atoms with van der Waals surface area (Å²) in [4.78, 5) is 4.48. The molecule has 2 aromatic rings. The van der Waals surface area contributed by atoms with Crippen LogP contribution in [-0.4, -0.2) is 18.1 Å². The van der Waals surface area contributed by atoms with Crippen molar-refractivity contribution < 1.29 is 4.74 Å². The second-order valence-corrected chi connectivity index (χ2v) is 5.54. The number of hydrogen-bond donors (Lipinski definition) is 1. The van der Waals surface area contributed by atoms with Crippen molar-refractivity contribution in [2.24, 2.45) is 5.92 Å². The summed E-state index contributed by atoms with van der Waals surface area (Å²) in [7, 11) is 0. The molecule has 1 aromatic carbocycles.